The molecule has 10 heteroatoms. The van der Waals surface area contributed by atoms with Crippen molar-refractivity contribution in [2.24, 2.45) is 0 Å². The molecule has 1 aliphatic heterocycles. The maximum atomic E-state index is 12.8. The lowest BCUT2D eigenvalue weighted by Gasteiger charge is -2.35. The summed E-state index contributed by atoms with van der Waals surface area (Å²) in [5.74, 6) is -0.410. The Kier molecular flexibility index (Phi) is 7.84. The number of allylic oxidation sites excluding steroid dienone is 1. The van der Waals surface area contributed by atoms with E-state index in [1.807, 2.05) is 6.92 Å². The number of hydrogen-bond acceptors (Lipinski definition) is 4. The molecule has 33 heavy (non-hydrogen) atoms. The molecule has 7 nitrogen and oxygen atoms in total. The Hall–Kier alpha value is -2.81. The fourth-order valence-electron chi connectivity index (χ4n) is 3.28. The number of amides is 2. The van der Waals surface area contributed by atoms with Gasteiger partial charge < -0.3 is 25.6 Å². The van der Waals surface area contributed by atoms with E-state index in [0.29, 0.717) is 37.8 Å². The van der Waals surface area contributed by atoms with E-state index < -0.39 is 18.0 Å². The molecule has 2 aromatic carbocycles. The van der Waals surface area contributed by atoms with Crippen LogP contribution in [0, 0.1) is 0 Å². The third kappa shape index (κ3) is 5.76. The summed E-state index contributed by atoms with van der Waals surface area (Å²) in [6.07, 6.45) is -0.255. The first-order valence-corrected chi connectivity index (χ1v) is 11.3. The Morgan fingerprint density at radius 3 is 2.27 bits per heavy atom. The molecule has 0 saturated carbocycles. The zero-order valence-corrected chi connectivity index (χ0v) is 20.9. The Balaban J connectivity index is 1.79. The Bertz CT molecular complexity index is 1100. The van der Waals surface area contributed by atoms with Crippen LogP contribution in [0.25, 0.3) is 0 Å². The largest absolute Gasteiger partial charge is 0.459 e. The number of esters is 1. The molecule has 3 N–H and O–H groups in total. The lowest BCUT2D eigenvalue weighted by Crippen LogP contribution is -2.46. The van der Waals surface area contributed by atoms with E-state index in [9.17, 15) is 9.59 Å². The number of nitrogens with zero attached hydrogens (tertiary/aromatic N) is 1. The highest BCUT2D eigenvalue weighted by Crippen LogP contribution is 2.32. The van der Waals surface area contributed by atoms with Crippen molar-refractivity contribution in [1.82, 2.24) is 10.2 Å². The number of para-hydroxylation sites is 1. The Morgan fingerprint density at radius 2 is 1.70 bits per heavy atom. The van der Waals surface area contributed by atoms with Crippen molar-refractivity contribution in [2.45, 2.75) is 32.9 Å². The van der Waals surface area contributed by atoms with E-state index in [0.717, 1.165) is 5.56 Å². The van der Waals surface area contributed by atoms with Crippen molar-refractivity contribution >= 4 is 63.9 Å². The van der Waals surface area contributed by atoms with Crippen LogP contribution >= 0.6 is 35.4 Å². The third-order valence-corrected chi connectivity index (χ3v) is 6.04. The van der Waals surface area contributed by atoms with Gasteiger partial charge in [-0.1, -0.05) is 41.4 Å². The molecule has 2 aromatic rings. The van der Waals surface area contributed by atoms with E-state index >= 15 is 0 Å². The van der Waals surface area contributed by atoms with Crippen molar-refractivity contribution in [2.75, 3.05) is 17.7 Å². The van der Waals surface area contributed by atoms with Gasteiger partial charge in [-0.15, -0.1) is 0 Å². The number of halogens is 2. The lowest BCUT2D eigenvalue weighted by molar-refractivity contribution is -0.143. The first-order chi connectivity index (χ1) is 15.6. The minimum absolute atomic E-state index is 0.255. The topological polar surface area (TPSA) is 82.7 Å². The molecule has 3 rings (SSSR count). The minimum atomic E-state index is -0.492. The second-order valence-electron chi connectivity index (χ2n) is 7.69. The van der Waals surface area contributed by atoms with Gasteiger partial charge in [0.15, 0.2) is 5.11 Å². The van der Waals surface area contributed by atoms with Crippen LogP contribution in [0.1, 0.15) is 32.4 Å². The first kappa shape index (κ1) is 24.8. The van der Waals surface area contributed by atoms with Crippen molar-refractivity contribution in [3.8, 4) is 0 Å². The van der Waals surface area contributed by atoms with E-state index in [-0.39, 0.29) is 6.10 Å². The molecule has 0 saturated heterocycles. The number of nitrogens with one attached hydrogen (secondary N) is 3. The number of urea groups is 1. The molecule has 0 aliphatic carbocycles. The zero-order valence-electron chi connectivity index (χ0n) is 18.5. The fourth-order valence-corrected chi connectivity index (χ4v) is 4.03. The van der Waals surface area contributed by atoms with Crippen molar-refractivity contribution in [1.29, 1.82) is 0 Å². The van der Waals surface area contributed by atoms with Gasteiger partial charge in [-0.05, 0) is 62.8 Å². The van der Waals surface area contributed by atoms with Crippen LogP contribution in [0.15, 0.2) is 53.7 Å². The highest BCUT2D eigenvalue weighted by atomic mass is 35.5. The van der Waals surface area contributed by atoms with Gasteiger partial charge in [-0.3, -0.25) is 0 Å². The SMILES string of the molecule is CC1=C(C(=O)OC(C)C)C(c2ccc(NC(=O)Nc3c(Cl)cccc3Cl)cc2)NC(=S)N1C. The molecular weight excluding hydrogens is 483 g/mol. The highest BCUT2D eigenvalue weighted by Gasteiger charge is 2.33. The highest BCUT2D eigenvalue weighted by molar-refractivity contribution is 7.80. The number of anilines is 2. The monoisotopic (exact) mass is 506 g/mol. The van der Waals surface area contributed by atoms with Gasteiger partial charge in [0.05, 0.1) is 33.5 Å². The van der Waals surface area contributed by atoms with Crippen molar-refractivity contribution in [3.05, 3.63) is 69.3 Å². The molecule has 0 bridgehead atoms. The Labute approximate surface area is 208 Å². The summed E-state index contributed by atoms with van der Waals surface area (Å²) in [7, 11) is 1.79. The molecular formula is C23H24Cl2N4O3S. The standard InChI is InChI=1S/C23H24Cl2N4O3S/c1-12(2)32-21(30)18-13(3)29(4)23(33)28-19(18)14-8-10-15(11-9-14)26-22(31)27-20-16(24)6-5-7-17(20)25/h5-12,19H,1-4H3,(H,28,33)(H2,26,27,31). The van der Waals surface area contributed by atoms with Gasteiger partial charge in [-0.25, -0.2) is 9.59 Å². The van der Waals surface area contributed by atoms with Crippen LogP contribution in [-0.4, -0.2) is 35.2 Å². The van der Waals surface area contributed by atoms with E-state index in [1.165, 1.54) is 0 Å². The molecule has 2 amide bonds. The molecule has 1 heterocycles. The number of benzene rings is 2. The molecule has 1 aliphatic rings. The van der Waals surface area contributed by atoms with Crippen LogP contribution in [0.5, 0.6) is 0 Å². The van der Waals surface area contributed by atoms with Crippen LogP contribution < -0.4 is 16.0 Å². The fraction of sp³-hybridized carbons (Fsp3) is 0.261. The quantitative estimate of drug-likeness (QED) is 0.355. The van der Waals surface area contributed by atoms with Crippen LogP contribution in [0.4, 0.5) is 16.2 Å². The number of hydrogen-bond donors (Lipinski definition) is 3. The van der Waals surface area contributed by atoms with Crippen LogP contribution in [0.3, 0.4) is 0 Å². The van der Waals surface area contributed by atoms with Crippen molar-refractivity contribution in [3.63, 3.8) is 0 Å². The molecule has 1 unspecified atom stereocenters. The summed E-state index contributed by atoms with van der Waals surface area (Å²) < 4.78 is 5.45. The van der Waals surface area contributed by atoms with Gasteiger partial charge in [0.25, 0.3) is 0 Å². The smallest absolute Gasteiger partial charge is 0.338 e. The van der Waals surface area contributed by atoms with E-state index in [4.69, 9.17) is 40.2 Å². The average molecular weight is 507 g/mol. The summed E-state index contributed by atoms with van der Waals surface area (Å²) >= 11 is 17.6. The van der Waals surface area contributed by atoms with Gasteiger partial charge >= 0.3 is 12.0 Å². The number of ether oxygens (including phenoxy) is 1. The number of thiocarbonyl (C=S) groups is 1. The van der Waals surface area contributed by atoms with Gasteiger partial charge in [-0.2, -0.15) is 0 Å². The average Bonchev–Trinajstić information content (AvgIpc) is 2.74. The number of carbonyl (C=O) groups is 2. The Morgan fingerprint density at radius 1 is 1.09 bits per heavy atom. The molecule has 174 valence electrons. The normalized spacial score (nSPS) is 15.9. The van der Waals surface area contributed by atoms with E-state index in [1.54, 1.807) is 68.3 Å². The summed E-state index contributed by atoms with van der Waals surface area (Å²) in [6.45, 7) is 5.43. The third-order valence-electron chi connectivity index (χ3n) is 5.02. The second-order valence-corrected chi connectivity index (χ2v) is 8.89. The van der Waals surface area contributed by atoms with Crippen LogP contribution in [0.2, 0.25) is 10.0 Å². The maximum absolute atomic E-state index is 12.8. The molecule has 0 aromatic heterocycles. The van der Waals surface area contributed by atoms with Crippen molar-refractivity contribution < 1.29 is 14.3 Å². The zero-order chi connectivity index (χ0) is 24.3. The summed E-state index contributed by atoms with van der Waals surface area (Å²) in [6, 6.07) is 11.1. The molecule has 0 spiro atoms. The summed E-state index contributed by atoms with van der Waals surface area (Å²) in [4.78, 5) is 27.0. The molecule has 0 radical (unpaired) electrons. The molecule has 1 atom stereocenters. The van der Waals surface area contributed by atoms with Gasteiger partial charge in [0, 0.05) is 18.4 Å². The molecule has 0 fully saturated rings. The summed E-state index contributed by atoms with van der Waals surface area (Å²) in [5, 5.41) is 9.73. The lowest BCUT2D eigenvalue weighted by atomic mass is 9.95. The predicted molar refractivity (Wildman–Crippen MR) is 136 cm³/mol. The second kappa shape index (κ2) is 10.4. The maximum Gasteiger partial charge on any atom is 0.338 e. The number of carbonyl (C=O) groups excluding carboxylic acids is 2. The van der Waals surface area contributed by atoms with Gasteiger partial charge in [0.1, 0.15) is 0 Å². The van der Waals surface area contributed by atoms with Gasteiger partial charge in [0.2, 0.25) is 0 Å². The number of rotatable bonds is 5. The minimum Gasteiger partial charge on any atom is -0.459 e. The predicted octanol–water partition coefficient (Wildman–Crippen LogP) is 5.72. The first-order valence-electron chi connectivity index (χ1n) is 10.2. The van der Waals surface area contributed by atoms with E-state index in [2.05, 4.69) is 16.0 Å². The summed E-state index contributed by atoms with van der Waals surface area (Å²) in [5.41, 5.74) is 2.86. The van der Waals surface area contributed by atoms with Crippen LogP contribution in [-0.2, 0) is 9.53 Å².